The topological polar surface area (TPSA) is 137 Å². The van der Waals surface area contributed by atoms with Gasteiger partial charge in [-0.1, -0.05) is 0 Å². The molecule has 0 fully saturated rings. The van der Waals surface area contributed by atoms with E-state index in [9.17, 15) is 19.7 Å². The number of nitrogens with one attached hydrogen (secondary N) is 1. The second kappa shape index (κ2) is 6.56. The van der Waals surface area contributed by atoms with Crippen molar-refractivity contribution in [1.29, 1.82) is 0 Å². The molecule has 0 saturated carbocycles. The zero-order valence-corrected chi connectivity index (χ0v) is 11.9. The second-order valence-electron chi connectivity index (χ2n) is 4.39. The van der Waals surface area contributed by atoms with Crippen molar-refractivity contribution in [3.8, 4) is 5.75 Å². The Morgan fingerprint density at radius 2 is 2.17 bits per heavy atom. The molecule has 2 rings (SSSR count). The maximum atomic E-state index is 11.9. The number of nitro benzene ring substituents is 1. The summed E-state index contributed by atoms with van der Waals surface area (Å²) in [5, 5.41) is 25.8. The van der Waals surface area contributed by atoms with Gasteiger partial charge in [-0.05, 0) is 18.2 Å². The number of aromatic carboxylic acids is 1. The number of methoxy groups -OCH3 is 1. The Kier molecular flexibility index (Phi) is 4.55. The third-order valence-corrected chi connectivity index (χ3v) is 2.84. The van der Waals surface area contributed by atoms with Crippen LogP contribution in [0, 0.1) is 10.1 Å². The van der Waals surface area contributed by atoms with Crippen molar-refractivity contribution in [1.82, 2.24) is 9.78 Å². The minimum absolute atomic E-state index is 0.00594. The number of carboxylic acids is 1. The molecule has 120 valence electrons. The molecule has 0 spiro atoms. The van der Waals surface area contributed by atoms with Gasteiger partial charge in [0.1, 0.15) is 18.0 Å². The largest absolute Gasteiger partial charge is 0.496 e. The lowest BCUT2D eigenvalue weighted by Gasteiger charge is -2.07. The summed E-state index contributed by atoms with van der Waals surface area (Å²) in [6.45, 7) is -0.281. The van der Waals surface area contributed by atoms with Crippen LogP contribution in [0.25, 0.3) is 0 Å². The molecule has 0 atom stereocenters. The van der Waals surface area contributed by atoms with Crippen molar-refractivity contribution >= 4 is 23.3 Å². The molecule has 1 amide bonds. The van der Waals surface area contributed by atoms with Crippen LogP contribution in [0.1, 0.15) is 10.5 Å². The average molecular weight is 320 g/mol. The van der Waals surface area contributed by atoms with E-state index in [1.807, 2.05) is 0 Å². The van der Waals surface area contributed by atoms with Crippen LogP contribution in [0.3, 0.4) is 0 Å². The van der Waals surface area contributed by atoms with Gasteiger partial charge >= 0.3 is 5.97 Å². The number of carboxylic acid groups (broad SMARTS) is 1. The lowest BCUT2D eigenvalue weighted by atomic mass is 10.2. The summed E-state index contributed by atoms with van der Waals surface area (Å²) >= 11 is 0. The smallest absolute Gasteiger partial charge is 0.356 e. The molecular formula is C13H12N4O6. The molecule has 0 saturated heterocycles. The Morgan fingerprint density at radius 1 is 1.43 bits per heavy atom. The number of nitro groups is 1. The van der Waals surface area contributed by atoms with E-state index >= 15 is 0 Å². The van der Waals surface area contributed by atoms with Gasteiger partial charge in [-0.25, -0.2) is 4.79 Å². The van der Waals surface area contributed by atoms with E-state index in [1.54, 1.807) is 0 Å². The molecule has 2 N–H and O–H groups in total. The van der Waals surface area contributed by atoms with Crippen molar-refractivity contribution in [3.63, 3.8) is 0 Å². The molecule has 0 bridgehead atoms. The lowest BCUT2D eigenvalue weighted by Crippen LogP contribution is -2.20. The summed E-state index contributed by atoms with van der Waals surface area (Å²) in [7, 11) is 1.37. The second-order valence-corrected chi connectivity index (χ2v) is 4.39. The number of ether oxygens (including phenoxy) is 1. The number of benzene rings is 1. The first-order valence-corrected chi connectivity index (χ1v) is 6.29. The fraction of sp³-hybridized carbons (Fsp3) is 0.154. The first-order valence-electron chi connectivity index (χ1n) is 6.29. The Balaban J connectivity index is 2.13. The van der Waals surface area contributed by atoms with Gasteiger partial charge in [0.15, 0.2) is 5.69 Å². The number of anilines is 1. The predicted molar refractivity (Wildman–Crippen MR) is 77.5 cm³/mol. The van der Waals surface area contributed by atoms with Gasteiger partial charge in [-0.15, -0.1) is 0 Å². The maximum Gasteiger partial charge on any atom is 0.356 e. The van der Waals surface area contributed by atoms with Crippen molar-refractivity contribution in [2.75, 3.05) is 12.4 Å². The number of carbonyl (C=O) groups is 2. The molecule has 23 heavy (non-hydrogen) atoms. The highest BCUT2D eigenvalue weighted by molar-refractivity contribution is 5.93. The third kappa shape index (κ3) is 3.81. The molecule has 1 aromatic carbocycles. The normalized spacial score (nSPS) is 10.1. The number of amides is 1. The fourth-order valence-corrected chi connectivity index (χ4v) is 1.80. The zero-order valence-electron chi connectivity index (χ0n) is 11.9. The van der Waals surface area contributed by atoms with E-state index in [2.05, 4.69) is 10.4 Å². The Bertz CT molecular complexity index is 770. The summed E-state index contributed by atoms with van der Waals surface area (Å²) in [6.07, 6.45) is 1.32. The van der Waals surface area contributed by atoms with Crippen LogP contribution in [0.4, 0.5) is 11.4 Å². The summed E-state index contributed by atoms with van der Waals surface area (Å²) in [6, 6.07) is 5.25. The van der Waals surface area contributed by atoms with E-state index in [0.29, 0.717) is 0 Å². The maximum absolute atomic E-state index is 11.9. The predicted octanol–water partition coefficient (Wildman–Crippen LogP) is 1.14. The summed E-state index contributed by atoms with van der Waals surface area (Å²) in [4.78, 5) is 33.0. The van der Waals surface area contributed by atoms with Gasteiger partial charge in [0, 0.05) is 6.20 Å². The van der Waals surface area contributed by atoms with Crippen LogP contribution in [0.5, 0.6) is 5.75 Å². The van der Waals surface area contributed by atoms with E-state index in [4.69, 9.17) is 9.84 Å². The number of hydrogen-bond donors (Lipinski definition) is 2. The molecule has 0 aliphatic heterocycles. The van der Waals surface area contributed by atoms with Gasteiger partial charge in [-0.2, -0.15) is 5.10 Å². The highest BCUT2D eigenvalue weighted by Crippen LogP contribution is 2.28. The summed E-state index contributed by atoms with van der Waals surface area (Å²) in [5.41, 5.74) is -0.510. The molecule has 0 aliphatic rings. The average Bonchev–Trinajstić information content (AvgIpc) is 2.96. The molecule has 1 aromatic heterocycles. The first kappa shape index (κ1) is 15.9. The molecule has 0 unspecified atom stereocenters. The SMILES string of the molecule is COc1ccc(NC(=O)Cn2ccc(C(=O)O)n2)c([N+](=O)[O-])c1. The molecule has 0 aliphatic carbocycles. The minimum atomic E-state index is -1.21. The number of rotatable bonds is 6. The van der Waals surface area contributed by atoms with E-state index < -0.39 is 16.8 Å². The van der Waals surface area contributed by atoms with Crippen LogP contribution in [-0.4, -0.2) is 38.8 Å². The number of carbonyl (C=O) groups excluding carboxylic acids is 1. The van der Waals surface area contributed by atoms with Crippen molar-refractivity contribution in [2.45, 2.75) is 6.54 Å². The zero-order chi connectivity index (χ0) is 17.0. The minimum Gasteiger partial charge on any atom is -0.496 e. The standard InChI is InChI=1S/C13H12N4O6/c1-23-8-2-3-9(11(6-8)17(21)22)14-12(18)7-16-5-4-10(15-16)13(19)20/h2-6H,7H2,1H3,(H,14,18)(H,19,20). The quantitative estimate of drug-likeness (QED) is 0.601. The van der Waals surface area contributed by atoms with Gasteiger partial charge in [0.05, 0.1) is 18.1 Å². The molecule has 1 heterocycles. The molecular weight excluding hydrogens is 308 g/mol. The molecule has 2 aromatic rings. The van der Waals surface area contributed by atoms with Crippen LogP contribution >= 0.6 is 0 Å². The lowest BCUT2D eigenvalue weighted by molar-refractivity contribution is -0.384. The van der Waals surface area contributed by atoms with E-state index in [-0.39, 0.29) is 29.4 Å². The van der Waals surface area contributed by atoms with E-state index in [1.165, 1.54) is 37.6 Å². The highest BCUT2D eigenvalue weighted by atomic mass is 16.6. The van der Waals surface area contributed by atoms with Gasteiger partial charge in [-0.3, -0.25) is 19.6 Å². The summed E-state index contributed by atoms with van der Waals surface area (Å²) < 4.78 is 6.02. The van der Waals surface area contributed by atoms with Crippen molar-refractivity contribution < 1.29 is 24.4 Å². The van der Waals surface area contributed by atoms with Crippen molar-refractivity contribution in [3.05, 3.63) is 46.3 Å². The fourth-order valence-electron chi connectivity index (χ4n) is 1.80. The van der Waals surface area contributed by atoms with Gasteiger partial charge in [0.25, 0.3) is 5.69 Å². The number of aromatic nitrogens is 2. The number of nitrogens with zero attached hydrogens (tertiary/aromatic N) is 3. The van der Waals surface area contributed by atoms with E-state index in [0.717, 1.165) is 4.68 Å². The van der Waals surface area contributed by atoms with Crippen LogP contribution < -0.4 is 10.1 Å². The third-order valence-electron chi connectivity index (χ3n) is 2.84. The molecule has 10 nitrogen and oxygen atoms in total. The number of hydrogen-bond acceptors (Lipinski definition) is 6. The Morgan fingerprint density at radius 3 is 2.74 bits per heavy atom. The van der Waals surface area contributed by atoms with Gasteiger partial charge in [0.2, 0.25) is 5.91 Å². The summed E-state index contributed by atoms with van der Waals surface area (Å²) in [5.74, 6) is -1.51. The molecule has 0 radical (unpaired) electrons. The van der Waals surface area contributed by atoms with Crippen LogP contribution in [0.2, 0.25) is 0 Å². The highest BCUT2D eigenvalue weighted by Gasteiger charge is 2.18. The Hall–Kier alpha value is -3.43. The van der Waals surface area contributed by atoms with Crippen LogP contribution in [0.15, 0.2) is 30.5 Å². The Labute approximate surface area is 129 Å². The van der Waals surface area contributed by atoms with Crippen molar-refractivity contribution in [2.24, 2.45) is 0 Å². The van der Waals surface area contributed by atoms with Gasteiger partial charge < -0.3 is 15.2 Å². The molecule has 10 heteroatoms. The van der Waals surface area contributed by atoms with Crippen LogP contribution in [-0.2, 0) is 11.3 Å². The first-order chi connectivity index (χ1) is 10.9. The monoisotopic (exact) mass is 320 g/mol.